The maximum Gasteiger partial charge on any atom is 0.239 e. The van der Waals surface area contributed by atoms with E-state index in [0.29, 0.717) is 10.3 Å². The van der Waals surface area contributed by atoms with E-state index in [1.54, 1.807) is 4.68 Å². The molecule has 29 heavy (non-hydrogen) atoms. The lowest BCUT2D eigenvalue weighted by Gasteiger charge is -2.10. The van der Waals surface area contributed by atoms with Crippen molar-refractivity contribution in [1.29, 1.82) is 0 Å². The van der Waals surface area contributed by atoms with Crippen LogP contribution in [0, 0.1) is 6.92 Å². The van der Waals surface area contributed by atoms with Gasteiger partial charge in [0.15, 0.2) is 5.13 Å². The van der Waals surface area contributed by atoms with Gasteiger partial charge >= 0.3 is 0 Å². The van der Waals surface area contributed by atoms with Crippen LogP contribution >= 0.6 is 23.1 Å². The number of tetrazole rings is 1. The van der Waals surface area contributed by atoms with Crippen LogP contribution in [0.2, 0.25) is 0 Å². The molecule has 0 bridgehead atoms. The van der Waals surface area contributed by atoms with Crippen LogP contribution in [-0.2, 0) is 4.79 Å². The number of nitrogens with zero attached hydrogens (tertiary/aromatic N) is 5. The SMILES string of the molecule is Cc1ccc(-c2csc(NC(=O)C(C)Sc3nnnn3-c3ccccc3)n2)cc1. The molecule has 0 aliphatic heterocycles. The predicted octanol–water partition coefficient (Wildman–Crippen LogP) is 4.21. The van der Waals surface area contributed by atoms with Crippen molar-refractivity contribution >= 4 is 34.1 Å². The van der Waals surface area contributed by atoms with E-state index in [1.165, 1.54) is 28.7 Å². The van der Waals surface area contributed by atoms with Gasteiger partial charge in [0.1, 0.15) is 0 Å². The van der Waals surface area contributed by atoms with Crippen LogP contribution in [0.25, 0.3) is 16.9 Å². The first-order valence-electron chi connectivity index (χ1n) is 8.94. The molecule has 0 aliphatic rings. The molecule has 2 heterocycles. The van der Waals surface area contributed by atoms with Crippen LogP contribution in [0.1, 0.15) is 12.5 Å². The lowest BCUT2D eigenvalue weighted by molar-refractivity contribution is -0.115. The number of carbonyl (C=O) groups excluding carboxylic acids is 1. The first-order chi connectivity index (χ1) is 14.1. The largest absolute Gasteiger partial charge is 0.301 e. The lowest BCUT2D eigenvalue weighted by Crippen LogP contribution is -2.22. The van der Waals surface area contributed by atoms with E-state index in [1.807, 2.05) is 73.8 Å². The molecule has 0 aliphatic carbocycles. The quantitative estimate of drug-likeness (QED) is 0.469. The van der Waals surface area contributed by atoms with E-state index in [9.17, 15) is 4.79 Å². The minimum atomic E-state index is -0.393. The van der Waals surface area contributed by atoms with Crippen LogP contribution in [0.5, 0.6) is 0 Å². The second-order valence-corrected chi connectivity index (χ2v) is 8.53. The topological polar surface area (TPSA) is 85.6 Å². The number of aromatic nitrogens is 5. The Bertz CT molecular complexity index is 1110. The van der Waals surface area contributed by atoms with E-state index >= 15 is 0 Å². The van der Waals surface area contributed by atoms with Gasteiger partial charge in [0.2, 0.25) is 11.1 Å². The lowest BCUT2D eigenvalue weighted by atomic mass is 10.1. The standard InChI is InChI=1S/C20H18N6OS2/c1-13-8-10-15(11-9-13)17-12-28-19(21-17)22-18(27)14(2)29-20-23-24-25-26(20)16-6-4-3-5-7-16/h3-12,14H,1-2H3,(H,21,22,27). The fraction of sp³-hybridized carbons (Fsp3) is 0.150. The van der Waals surface area contributed by atoms with E-state index < -0.39 is 5.25 Å². The maximum atomic E-state index is 12.6. The molecule has 1 atom stereocenters. The number of amides is 1. The molecule has 0 radical (unpaired) electrons. The maximum absolute atomic E-state index is 12.6. The minimum absolute atomic E-state index is 0.151. The number of anilines is 1. The zero-order valence-electron chi connectivity index (χ0n) is 15.8. The van der Waals surface area contributed by atoms with Crippen LogP contribution in [0.3, 0.4) is 0 Å². The van der Waals surface area contributed by atoms with Crippen LogP contribution < -0.4 is 5.32 Å². The average Bonchev–Trinajstić information content (AvgIpc) is 3.39. The fourth-order valence-electron chi connectivity index (χ4n) is 2.59. The number of hydrogen-bond donors (Lipinski definition) is 1. The minimum Gasteiger partial charge on any atom is -0.301 e. The Morgan fingerprint density at radius 2 is 1.90 bits per heavy atom. The van der Waals surface area contributed by atoms with Crippen molar-refractivity contribution in [3.8, 4) is 16.9 Å². The van der Waals surface area contributed by atoms with Crippen molar-refractivity contribution in [3.63, 3.8) is 0 Å². The van der Waals surface area contributed by atoms with Gasteiger partial charge in [0.25, 0.3) is 0 Å². The Labute approximate surface area is 176 Å². The summed E-state index contributed by atoms with van der Waals surface area (Å²) in [6, 6.07) is 17.7. The number of hydrogen-bond acceptors (Lipinski definition) is 7. The van der Waals surface area contributed by atoms with Crippen molar-refractivity contribution < 1.29 is 4.79 Å². The van der Waals surface area contributed by atoms with Crippen LogP contribution in [0.4, 0.5) is 5.13 Å². The summed E-state index contributed by atoms with van der Waals surface area (Å²) in [6.45, 7) is 3.86. The highest BCUT2D eigenvalue weighted by Gasteiger charge is 2.20. The first-order valence-corrected chi connectivity index (χ1v) is 10.7. The zero-order chi connectivity index (χ0) is 20.2. The molecule has 0 fully saturated rings. The van der Waals surface area contributed by atoms with Crippen LogP contribution in [-0.4, -0.2) is 36.3 Å². The molecule has 4 aromatic rings. The van der Waals surface area contributed by atoms with Crippen molar-refractivity contribution in [3.05, 3.63) is 65.5 Å². The predicted molar refractivity (Wildman–Crippen MR) is 115 cm³/mol. The first kappa shape index (κ1) is 19.3. The van der Waals surface area contributed by atoms with Crippen molar-refractivity contribution in [1.82, 2.24) is 25.2 Å². The average molecular weight is 423 g/mol. The smallest absolute Gasteiger partial charge is 0.239 e. The Kier molecular flexibility index (Phi) is 5.68. The molecular weight excluding hydrogens is 404 g/mol. The summed E-state index contributed by atoms with van der Waals surface area (Å²) >= 11 is 2.70. The number of benzene rings is 2. The third kappa shape index (κ3) is 4.52. The summed E-state index contributed by atoms with van der Waals surface area (Å²) in [7, 11) is 0. The molecule has 2 aromatic carbocycles. The van der Waals surface area contributed by atoms with Gasteiger partial charge in [0, 0.05) is 10.9 Å². The van der Waals surface area contributed by atoms with E-state index in [2.05, 4.69) is 25.8 Å². The van der Waals surface area contributed by atoms with Gasteiger partial charge < -0.3 is 5.32 Å². The summed E-state index contributed by atoms with van der Waals surface area (Å²) in [5.41, 5.74) is 3.91. The summed E-state index contributed by atoms with van der Waals surface area (Å²) in [6.07, 6.45) is 0. The number of para-hydroxylation sites is 1. The van der Waals surface area contributed by atoms with Crippen molar-refractivity contribution in [2.75, 3.05) is 5.32 Å². The number of aryl methyl sites for hydroxylation is 1. The summed E-state index contributed by atoms with van der Waals surface area (Å²) in [5.74, 6) is -0.151. The van der Waals surface area contributed by atoms with Gasteiger partial charge in [-0.05, 0) is 36.4 Å². The Morgan fingerprint density at radius 3 is 2.66 bits per heavy atom. The normalized spacial score (nSPS) is 11.9. The molecule has 146 valence electrons. The summed E-state index contributed by atoms with van der Waals surface area (Å²) in [5, 5.41) is 17.4. The highest BCUT2D eigenvalue weighted by molar-refractivity contribution is 8.00. The molecule has 1 unspecified atom stereocenters. The number of thioether (sulfide) groups is 1. The number of nitrogens with one attached hydrogen (secondary N) is 1. The van der Waals surface area contributed by atoms with Gasteiger partial charge in [-0.1, -0.05) is 59.8 Å². The van der Waals surface area contributed by atoms with Crippen molar-refractivity contribution in [2.45, 2.75) is 24.3 Å². The van der Waals surface area contributed by atoms with Gasteiger partial charge in [-0.3, -0.25) is 4.79 Å². The number of rotatable bonds is 6. The summed E-state index contributed by atoms with van der Waals surface area (Å²) < 4.78 is 1.62. The Balaban J connectivity index is 1.42. The monoisotopic (exact) mass is 422 g/mol. The Morgan fingerprint density at radius 1 is 1.14 bits per heavy atom. The van der Waals surface area contributed by atoms with Crippen molar-refractivity contribution in [2.24, 2.45) is 0 Å². The van der Waals surface area contributed by atoms with E-state index in [4.69, 9.17) is 0 Å². The molecule has 9 heteroatoms. The third-order valence-corrected chi connectivity index (χ3v) is 5.97. The molecule has 0 saturated heterocycles. The fourth-order valence-corrected chi connectivity index (χ4v) is 4.12. The van der Waals surface area contributed by atoms with E-state index in [0.717, 1.165) is 16.9 Å². The molecule has 7 nitrogen and oxygen atoms in total. The molecular formula is C20H18N6OS2. The van der Waals surface area contributed by atoms with Gasteiger partial charge in [-0.15, -0.1) is 16.4 Å². The molecule has 1 amide bonds. The molecule has 4 rings (SSSR count). The second kappa shape index (κ2) is 8.54. The number of thiazole rings is 1. The second-order valence-electron chi connectivity index (χ2n) is 6.36. The third-order valence-electron chi connectivity index (χ3n) is 4.17. The van der Waals surface area contributed by atoms with Gasteiger partial charge in [-0.2, -0.15) is 4.68 Å². The zero-order valence-corrected chi connectivity index (χ0v) is 17.4. The van der Waals surface area contributed by atoms with Crippen LogP contribution in [0.15, 0.2) is 65.1 Å². The highest BCUT2D eigenvalue weighted by atomic mass is 32.2. The molecule has 0 spiro atoms. The highest BCUT2D eigenvalue weighted by Crippen LogP contribution is 2.27. The summed E-state index contributed by atoms with van der Waals surface area (Å²) in [4.78, 5) is 17.2. The number of carbonyl (C=O) groups is 1. The molecule has 2 aromatic heterocycles. The van der Waals surface area contributed by atoms with Gasteiger partial charge in [0.05, 0.1) is 16.6 Å². The van der Waals surface area contributed by atoms with Gasteiger partial charge in [-0.25, -0.2) is 4.98 Å². The Hall–Kier alpha value is -3.04. The molecule has 0 saturated carbocycles. The van der Waals surface area contributed by atoms with E-state index in [-0.39, 0.29) is 5.91 Å². The molecule has 1 N–H and O–H groups in total.